The lowest BCUT2D eigenvalue weighted by atomic mass is 9.95. The lowest BCUT2D eigenvalue weighted by molar-refractivity contribution is 0.154. The second-order valence-electron chi connectivity index (χ2n) is 6.07. The number of likely N-dealkylation sites (tertiary alicyclic amines) is 1. The van der Waals surface area contributed by atoms with E-state index in [2.05, 4.69) is 16.8 Å². The Morgan fingerprint density at radius 2 is 2.05 bits per heavy atom. The summed E-state index contributed by atoms with van der Waals surface area (Å²) in [6.45, 7) is 5.31. The molecule has 1 aliphatic rings. The molecule has 0 radical (unpaired) electrons. The van der Waals surface area contributed by atoms with Crippen molar-refractivity contribution < 1.29 is 9.50 Å². The molecule has 1 N–H and O–H groups in total. The van der Waals surface area contributed by atoms with Gasteiger partial charge in [0.05, 0.1) is 0 Å². The summed E-state index contributed by atoms with van der Waals surface area (Å²) in [6.07, 6.45) is 2.42. The van der Waals surface area contributed by atoms with Gasteiger partial charge < -0.3 is 10.0 Å². The predicted molar refractivity (Wildman–Crippen MR) is 79.3 cm³/mol. The van der Waals surface area contributed by atoms with Gasteiger partial charge in [0.15, 0.2) is 0 Å². The van der Waals surface area contributed by atoms with E-state index in [9.17, 15) is 9.50 Å². The highest BCUT2D eigenvalue weighted by Gasteiger charge is 2.22. The van der Waals surface area contributed by atoms with Crippen molar-refractivity contribution in [2.45, 2.75) is 25.8 Å². The Hall–Kier alpha value is -1.13. The molecule has 20 heavy (non-hydrogen) atoms. The van der Waals surface area contributed by atoms with Gasteiger partial charge in [-0.1, -0.05) is 0 Å². The molecule has 0 bridgehead atoms. The maximum Gasteiger partial charge on any atom is 0.123 e. The van der Waals surface area contributed by atoms with Crippen molar-refractivity contribution in [3.05, 3.63) is 29.6 Å². The third-order valence-corrected chi connectivity index (χ3v) is 4.49. The van der Waals surface area contributed by atoms with E-state index < -0.39 is 0 Å². The van der Waals surface area contributed by atoms with Gasteiger partial charge in [-0.2, -0.15) is 0 Å². The number of hydrogen-bond donors (Lipinski definition) is 1. The van der Waals surface area contributed by atoms with Crippen molar-refractivity contribution in [2.75, 3.05) is 33.7 Å². The highest BCUT2D eigenvalue weighted by molar-refractivity contribution is 5.34. The van der Waals surface area contributed by atoms with Gasteiger partial charge in [0.2, 0.25) is 0 Å². The van der Waals surface area contributed by atoms with Gasteiger partial charge >= 0.3 is 0 Å². The highest BCUT2D eigenvalue weighted by atomic mass is 19.1. The summed E-state index contributed by atoms with van der Waals surface area (Å²) < 4.78 is 13.3. The molecule has 112 valence electrons. The number of piperidine rings is 1. The number of nitrogens with zero attached hydrogens (tertiary/aromatic N) is 2. The quantitative estimate of drug-likeness (QED) is 0.918. The Bertz CT molecular complexity index is 444. The van der Waals surface area contributed by atoms with Crippen LogP contribution in [0.1, 0.15) is 31.4 Å². The molecule has 1 aromatic rings. The van der Waals surface area contributed by atoms with E-state index in [-0.39, 0.29) is 17.6 Å². The molecule has 1 atom stereocenters. The van der Waals surface area contributed by atoms with Gasteiger partial charge in [0.1, 0.15) is 11.6 Å². The van der Waals surface area contributed by atoms with Crippen molar-refractivity contribution in [1.82, 2.24) is 9.80 Å². The summed E-state index contributed by atoms with van der Waals surface area (Å²) in [5, 5.41) is 9.89. The third-order valence-electron chi connectivity index (χ3n) is 4.49. The Kier molecular flexibility index (Phi) is 5.00. The summed E-state index contributed by atoms with van der Waals surface area (Å²) in [5.41, 5.74) is 0.667. The maximum absolute atomic E-state index is 13.3. The molecule has 0 spiro atoms. The summed E-state index contributed by atoms with van der Waals surface area (Å²) in [4.78, 5) is 4.57. The molecule has 0 saturated carbocycles. The molecule has 1 aliphatic heterocycles. The first-order valence-corrected chi connectivity index (χ1v) is 7.34. The molecule has 1 heterocycles. The maximum atomic E-state index is 13.3. The number of halogens is 1. The van der Waals surface area contributed by atoms with Gasteiger partial charge in [0.25, 0.3) is 0 Å². The number of aromatic hydroxyl groups is 1. The van der Waals surface area contributed by atoms with Crippen LogP contribution in [0.2, 0.25) is 0 Å². The summed E-state index contributed by atoms with van der Waals surface area (Å²) in [5.74, 6) is 0.570. The Labute approximate surface area is 121 Å². The van der Waals surface area contributed by atoms with Crippen molar-refractivity contribution in [1.29, 1.82) is 0 Å². The minimum absolute atomic E-state index is 0.0188. The Balaban J connectivity index is 1.97. The van der Waals surface area contributed by atoms with Crippen LogP contribution < -0.4 is 0 Å². The van der Waals surface area contributed by atoms with Crippen LogP contribution in [-0.2, 0) is 0 Å². The third kappa shape index (κ3) is 3.70. The number of rotatable bonds is 4. The number of phenols is 1. The second-order valence-corrected chi connectivity index (χ2v) is 6.07. The fraction of sp³-hybridized carbons (Fsp3) is 0.625. The van der Waals surface area contributed by atoms with Gasteiger partial charge in [-0.25, -0.2) is 4.39 Å². The number of phenolic OH excluding ortho intramolecular Hbond substituents is 1. The van der Waals surface area contributed by atoms with Gasteiger partial charge in [-0.15, -0.1) is 0 Å². The molecule has 1 aromatic carbocycles. The molecule has 1 saturated heterocycles. The van der Waals surface area contributed by atoms with Gasteiger partial charge in [0, 0.05) is 18.2 Å². The normalized spacial score (nSPS) is 19.4. The zero-order valence-electron chi connectivity index (χ0n) is 12.6. The number of benzene rings is 1. The largest absolute Gasteiger partial charge is 0.508 e. The van der Waals surface area contributed by atoms with Crippen LogP contribution in [0.25, 0.3) is 0 Å². The molecule has 4 heteroatoms. The predicted octanol–water partition coefficient (Wildman–Crippen LogP) is 2.87. The van der Waals surface area contributed by atoms with Crippen LogP contribution in [0, 0.1) is 11.7 Å². The van der Waals surface area contributed by atoms with Crippen LogP contribution in [0.5, 0.6) is 5.75 Å². The van der Waals surface area contributed by atoms with E-state index in [1.807, 2.05) is 14.0 Å². The highest BCUT2D eigenvalue weighted by Crippen LogP contribution is 2.29. The SMILES string of the molecule is CC(c1cc(F)ccc1O)N(C)CC1CCN(C)CC1. The average Bonchev–Trinajstić information content (AvgIpc) is 2.43. The molecular formula is C16H25FN2O. The second kappa shape index (κ2) is 6.55. The van der Waals surface area contributed by atoms with Crippen LogP contribution in [0.3, 0.4) is 0 Å². The monoisotopic (exact) mass is 280 g/mol. The lowest BCUT2D eigenvalue weighted by Gasteiger charge is -2.34. The van der Waals surface area contributed by atoms with Crippen molar-refractivity contribution >= 4 is 0 Å². The van der Waals surface area contributed by atoms with E-state index >= 15 is 0 Å². The number of hydrogen-bond acceptors (Lipinski definition) is 3. The smallest absolute Gasteiger partial charge is 0.123 e. The molecule has 1 fully saturated rings. The van der Waals surface area contributed by atoms with Crippen LogP contribution in [0.15, 0.2) is 18.2 Å². The first-order valence-electron chi connectivity index (χ1n) is 7.34. The van der Waals surface area contributed by atoms with Gasteiger partial charge in [-0.3, -0.25) is 4.90 Å². The Morgan fingerprint density at radius 1 is 1.40 bits per heavy atom. The van der Waals surface area contributed by atoms with E-state index in [0.29, 0.717) is 11.5 Å². The zero-order valence-corrected chi connectivity index (χ0v) is 12.6. The standard InChI is InChI=1S/C16H25FN2O/c1-12(15-10-14(17)4-5-16(15)20)19(3)11-13-6-8-18(2)9-7-13/h4-5,10,12-13,20H,6-9,11H2,1-3H3. The lowest BCUT2D eigenvalue weighted by Crippen LogP contribution is -2.36. The molecular weight excluding hydrogens is 255 g/mol. The first-order chi connectivity index (χ1) is 9.47. The molecule has 0 amide bonds. The van der Waals surface area contributed by atoms with E-state index in [0.717, 1.165) is 19.6 Å². The van der Waals surface area contributed by atoms with E-state index in [1.54, 1.807) is 0 Å². The molecule has 3 nitrogen and oxygen atoms in total. The van der Waals surface area contributed by atoms with Crippen molar-refractivity contribution in [3.63, 3.8) is 0 Å². The first kappa shape index (κ1) is 15.3. The topological polar surface area (TPSA) is 26.7 Å². The molecule has 1 unspecified atom stereocenters. The molecule has 0 aliphatic carbocycles. The zero-order chi connectivity index (χ0) is 14.7. The van der Waals surface area contributed by atoms with Gasteiger partial charge in [-0.05, 0) is 71.1 Å². The van der Waals surface area contributed by atoms with E-state index in [4.69, 9.17) is 0 Å². The van der Waals surface area contributed by atoms with Crippen molar-refractivity contribution in [2.24, 2.45) is 5.92 Å². The fourth-order valence-electron chi connectivity index (χ4n) is 2.91. The van der Waals surface area contributed by atoms with Crippen LogP contribution >= 0.6 is 0 Å². The average molecular weight is 280 g/mol. The molecule has 0 aromatic heterocycles. The summed E-state index contributed by atoms with van der Waals surface area (Å²) in [7, 11) is 4.21. The minimum Gasteiger partial charge on any atom is -0.508 e. The minimum atomic E-state index is -0.294. The Morgan fingerprint density at radius 3 is 2.70 bits per heavy atom. The van der Waals surface area contributed by atoms with Crippen LogP contribution in [0.4, 0.5) is 4.39 Å². The van der Waals surface area contributed by atoms with E-state index in [1.165, 1.54) is 31.0 Å². The summed E-state index contributed by atoms with van der Waals surface area (Å²) in [6, 6.07) is 4.18. The summed E-state index contributed by atoms with van der Waals surface area (Å²) >= 11 is 0. The fourth-order valence-corrected chi connectivity index (χ4v) is 2.91. The van der Waals surface area contributed by atoms with Crippen molar-refractivity contribution in [3.8, 4) is 5.75 Å². The molecule has 2 rings (SSSR count). The van der Waals surface area contributed by atoms with Crippen LogP contribution in [-0.4, -0.2) is 48.6 Å².